The van der Waals surface area contributed by atoms with Gasteiger partial charge in [-0.2, -0.15) is 14.9 Å². The van der Waals surface area contributed by atoms with Crippen LogP contribution in [0.5, 0.6) is 23.0 Å². The number of benzene rings is 2. The molecule has 1 aromatic heterocycles. The second-order valence-electron chi connectivity index (χ2n) is 5.41. The van der Waals surface area contributed by atoms with E-state index in [1.54, 1.807) is 25.5 Å². The van der Waals surface area contributed by atoms with Crippen molar-refractivity contribution in [1.29, 1.82) is 0 Å². The third kappa shape index (κ3) is 3.77. The molecule has 0 unspecified atom stereocenters. The smallest absolute Gasteiger partial charge is 0.216 e. The van der Waals surface area contributed by atoms with Crippen LogP contribution >= 0.6 is 12.2 Å². The van der Waals surface area contributed by atoms with E-state index in [0.29, 0.717) is 21.9 Å². The molecule has 0 atom stereocenters. The average Bonchev–Trinajstić information content (AvgIpc) is 3.07. The summed E-state index contributed by atoms with van der Waals surface area (Å²) in [7, 11) is 4.52. The zero-order valence-electron chi connectivity index (χ0n) is 15.0. The van der Waals surface area contributed by atoms with Crippen molar-refractivity contribution in [2.45, 2.75) is 0 Å². The average molecular weight is 386 g/mol. The molecule has 3 rings (SSSR count). The molecule has 8 nitrogen and oxygen atoms in total. The lowest BCUT2D eigenvalue weighted by Gasteiger charge is -2.09. The van der Waals surface area contributed by atoms with Gasteiger partial charge in [0.15, 0.2) is 17.3 Å². The maximum atomic E-state index is 10.0. The maximum absolute atomic E-state index is 10.0. The van der Waals surface area contributed by atoms with Crippen LogP contribution in [0.1, 0.15) is 5.56 Å². The van der Waals surface area contributed by atoms with E-state index in [9.17, 15) is 5.11 Å². The SMILES string of the molecule is COc1cccc(-c2n[nH]c(=S)n2N=Cc2cc(OC)c(O)c(OC)c2)c1. The fourth-order valence-corrected chi connectivity index (χ4v) is 2.64. The number of nitrogens with zero attached hydrogens (tertiary/aromatic N) is 3. The summed E-state index contributed by atoms with van der Waals surface area (Å²) in [6.07, 6.45) is 1.57. The summed E-state index contributed by atoms with van der Waals surface area (Å²) in [5.41, 5.74) is 1.45. The Morgan fingerprint density at radius 2 is 1.81 bits per heavy atom. The van der Waals surface area contributed by atoms with Gasteiger partial charge in [-0.25, -0.2) is 5.10 Å². The van der Waals surface area contributed by atoms with E-state index < -0.39 is 0 Å². The quantitative estimate of drug-likeness (QED) is 0.499. The summed E-state index contributed by atoms with van der Waals surface area (Å²) >= 11 is 5.28. The summed E-state index contributed by atoms with van der Waals surface area (Å²) in [5.74, 6) is 1.71. The molecule has 0 aliphatic carbocycles. The highest BCUT2D eigenvalue weighted by atomic mass is 32.1. The van der Waals surface area contributed by atoms with Crippen LogP contribution in [0.25, 0.3) is 11.4 Å². The number of aromatic nitrogens is 3. The minimum absolute atomic E-state index is 0.0749. The first-order valence-electron chi connectivity index (χ1n) is 7.88. The standard InChI is InChI=1S/C18H18N4O4S/c1-24-13-6-4-5-12(9-13)17-20-21-18(27)22(17)19-10-11-7-14(25-2)16(23)15(8-11)26-3/h4-10,23H,1-3H3,(H,21,27). The summed E-state index contributed by atoms with van der Waals surface area (Å²) in [5, 5.41) is 21.4. The van der Waals surface area contributed by atoms with Crippen molar-refractivity contribution in [3.05, 3.63) is 46.7 Å². The normalized spacial score (nSPS) is 10.9. The molecule has 0 spiro atoms. The Hall–Kier alpha value is -3.33. The minimum Gasteiger partial charge on any atom is -0.502 e. The van der Waals surface area contributed by atoms with Gasteiger partial charge in [0.2, 0.25) is 10.5 Å². The molecule has 27 heavy (non-hydrogen) atoms. The topological polar surface area (TPSA) is 93.9 Å². The van der Waals surface area contributed by atoms with Gasteiger partial charge in [0.1, 0.15) is 5.75 Å². The van der Waals surface area contributed by atoms with E-state index in [1.807, 2.05) is 24.3 Å². The molecule has 0 saturated carbocycles. The number of nitrogens with one attached hydrogen (secondary N) is 1. The number of phenols is 1. The van der Waals surface area contributed by atoms with Gasteiger partial charge in [-0.15, -0.1) is 0 Å². The van der Waals surface area contributed by atoms with Crippen LogP contribution < -0.4 is 14.2 Å². The molecule has 0 fully saturated rings. The summed E-state index contributed by atoms with van der Waals surface area (Å²) in [4.78, 5) is 0. The van der Waals surface area contributed by atoms with Crippen LogP contribution in [-0.2, 0) is 0 Å². The van der Waals surface area contributed by atoms with Crippen molar-refractivity contribution in [2.75, 3.05) is 21.3 Å². The van der Waals surface area contributed by atoms with Crippen molar-refractivity contribution in [2.24, 2.45) is 5.10 Å². The van der Waals surface area contributed by atoms with Crippen LogP contribution in [0.4, 0.5) is 0 Å². The van der Waals surface area contributed by atoms with Gasteiger partial charge in [0.25, 0.3) is 0 Å². The first-order valence-corrected chi connectivity index (χ1v) is 8.29. The van der Waals surface area contributed by atoms with Gasteiger partial charge in [0, 0.05) is 11.1 Å². The second-order valence-corrected chi connectivity index (χ2v) is 5.80. The van der Waals surface area contributed by atoms with E-state index in [0.717, 1.165) is 5.56 Å². The Bertz CT molecular complexity index is 1020. The number of aromatic amines is 1. The summed E-state index contributed by atoms with van der Waals surface area (Å²) < 4.78 is 17.4. The van der Waals surface area contributed by atoms with Crippen LogP contribution in [0.3, 0.4) is 0 Å². The van der Waals surface area contributed by atoms with Crippen LogP contribution in [0.2, 0.25) is 0 Å². The van der Waals surface area contributed by atoms with Crippen molar-refractivity contribution < 1.29 is 19.3 Å². The molecule has 140 valence electrons. The third-order valence-corrected chi connectivity index (χ3v) is 4.07. The van der Waals surface area contributed by atoms with Crippen molar-refractivity contribution in [1.82, 2.24) is 14.9 Å². The number of rotatable bonds is 6. The molecule has 3 aromatic rings. The Balaban J connectivity index is 2.02. The molecule has 0 aliphatic heterocycles. The maximum Gasteiger partial charge on any atom is 0.216 e. The molecule has 0 aliphatic rings. The lowest BCUT2D eigenvalue weighted by atomic mass is 10.2. The number of phenolic OH excluding ortho intramolecular Hbond substituents is 1. The lowest BCUT2D eigenvalue weighted by Crippen LogP contribution is -1.97. The number of aromatic hydroxyl groups is 1. The predicted octanol–water partition coefficient (Wildman–Crippen LogP) is 3.22. The van der Waals surface area contributed by atoms with E-state index in [2.05, 4.69) is 15.3 Å². The fraction of sp³-hybridized carbons (Fsp3) is 0.167. The molecule has 0 bridgehead atoms. The Morgan fingerprint density at radius 1 is 1.11 bits per heavy atom. The van der Waals surface area contributed by atoms with Crippen molar-refractivity contribution in [3.63, 3.8) is 0 Å². The summed E-state index contributed by atoms with van der Waals surface area (Å²) in [6.45, 7) is 0. The Kier molecular flexibility index (Phi) is 5.41. The van der Waals surface area contributed by atoms with E-state index in [1.165, 1.54) is 18.9 Å². The molecule has 0 amide bonds. The monoisotopic (exact) mass is 386 g/mol. The van der Waals surface area contributed by atoms with Crippen LogP contribution in [0, 0.1) is 4.77 Å². The summed E-state index contributed by atoms with van der Waals surface area (Å²) in [6, 6.07) is 10.7. The molecule has 2 N–H and O–H groups in total. The van der Waals surface area contributed by atoms with E-state index in [4.69, 9.17) is 26.4 Å². The number of ether oxygens (including phenoxy) is 3. The highest BCUT2D eigenvalue weighted by Crippen LogP contribution is 2.36. The van der Waals surface area contributed by atoms with Crippen molar-refractivity contribution >= 4 is 18.4 Å². The highest BCUT2D eigenvalue weighted by Gasteiger charge is 2.12. The molecular formula is C18H18N4O4S. The third-order valence-electron chi connectivity index (χ3n) is 3.80. The lowest BCUT2D eigenvalue weighted by molar-refractivity contribution is 0.340. The largest absolute Gasteiger partial charge is 0.502 e. The van der Waals surface area contributed by atoms with Crippen molar-refractivity contribution in [3.8, 4) is 34.4 Å². The number of H-pyrrole nitrogens is 1. The van der Waals surface area contributed by atoms with Crippen LogP contribution in [-0.4, -0.2) is 47.5 Å². The molecule has 1 heterocycles. The Morgan fingerprint density at radius 3 is 2.44 bits per heavy atom. The minimum atomic E-state index is -0.0749. The molecule has 0 saturated heterocycles. The van der Waals surface area contributed by atoms with Gasteiger partial charge in [-0.1, -0.05) is 12.1 Å². The Labute approximate surface area is 160 Å². The number of hydrogen-bond donors (Lipinski definition) is 2. The van der Waals surface area contributed by atoms with E-state index in [-0.39, 0.29) is 17.2 Å². The predicted molar refractivity (Wildman–Crippen MR) is 104 cm³/mol. The zero-order chi connectivity index (χ0) is 19.4. The van der Waals surface area contributed by atoms with Gasteiger partial charge in [-0.05, 0) is 36.5 Å². The molecule has 2 aromatic carbocycles. The highest BCUT2D eigenvalue weighted by molar-refractivity contribution is 7.71. The van der Waals surface area contributed by atoms with Gasteiger partial charge < -0.3 is 19.3 Å². The van der Waals surface area contributed by atoms with Gasteiger partial charge >= 0.3 is 0 Å². The fourth-order valence-electron chi connectivity index (χ4n) is 2.46. The van der Waals surface area contributed by atoms with E-state index >= 15 is 0 Å². The van der Waals surface area contributed by atoms with Crippen LogP contribution in [0.15, 0.2) is 41.5 Å². The molecular weight excluding hydrogens is 368 g/mol. The van der Waals surface area contributed by atoms with Gasteiger partial charge in [-0.3, -0.25) is 0 Å². The molecule has 0 radical (unpaired) electrons. The first-order chi connectivity index (χ1) is 13.1. The number of hydrogen-bond acceptors (Lipinski definition) is 7. The van der Waals surface area contributed by atoms with Gasteiger partial charge in [0.05, 0.1) is 27.5 Å². The first kappa shape index (κ1) is 18.5. The second kappa shape index (κ2) is 7.92. The number of methoxy groups -OCH3 is 3. The zero-order valence-corrected chi connectivity index (χ0v) is 15.8. The molecule has 9 heteroatoms.